The number of nitrogens with zero attached hydrogens (tertiary/aromatic N) is 2. The molecule has 1 heterocycles. The van der Waals surface area contributed by atoms with Crippen LogP contribution in [0.3, 0.4) is 0 Å². The van der Waals surface area contributed by atoms with Gasteiger partial charge in [0.05, 0.1) is 6.61 Å². The largest absolute Gasteiger partial charge is 0.384 e. The van der Waals surface area contributed by atoms with Crippen LogP contribution < -0.4 is 5.32 Å². The molecule has 4 heteroatoms. The Kier molecular flexibility index (Phi) is 4.42. The summed E-state index contributed by atoms with van der Waals surface area (Å²) in [7, 11) is 1.75. The fraction of sp³-hybridized carbons (Fsp3) is 0.769. The Morgan fingerprint density at radius 1 is 1.53 bits per heavy atom. The molecule has 17 heavy (non-hydrogen) atoms. The molecular weight excluding hydrogens is 214 g/mol. The zero-order valence-electron chi connectivity index (χ0n) is 10.9. The molecule has 0 saturated heterocycles. The van der Waals surface area contributed by atoms with Gasteiger partial charge in [-0.15, -0.1) is 0 Å². The molecule has 1 atom stereocenters. The first-order valence-electron chi connectivity index (χ1n) is 6.56. The third-order valence-corrected chi connectivity index (χ3v) is 3.36. The molecular formula is C13H23N3O. The lowest BCUT2D eigenvalue weighted by molar-refractivity contribution is 0.151. The molecule has 0 aliphatic heterocycles. The van der Waals surface area contributed by atoms with E-state index in [0.29, 0.717) is 12.0 Å². The molecule has 1 aliphatic rings. The number of aromatic nitrogens is 2. The first kappa shape index (κ1) is 12.4. The van der Waals surface area contributed by atoms with Gasteiger partial charge >= 0.3 is 0 Å². The summed E-state index contributed by atoms with van der Waals surface area (Å²) in [6.45, 7) is 3.95. The number of imidazole rings is 1. The molecule has 4 nitrogen and oxygen atoms in total. The monoisotopic (exact) mass is 237 g/mol. The average molecular weight is 237 g/mol. The summed E-state index contributed by atoms with van der Waals surface area (Å²) in [6.07, 6.45) is 9.16. The molecule has 0 radical (unpaired) electrons. The van der Waals surface area contributed by atoms with Gasteiger partial charge in [0, 0.05) is 32.1 Å². The third kappa shape index (κ3) is 3.46. The highest BCUT2D eigenvalue weighted by Crippen LogP contribution is 2.21. The van der Waals surface area contributed by atoms with Crippen molar-refractivity contribution in [2.45, 2.75) is 45.2 Å². The number of ether oxygens (including phenoxy) is 1. The van der Waals surface area contributed by atoms with Crippen LogP contribution >= 0.6 is 0 Å². The Hall–Kier alpha value is -1.03. The molecule has 1 unspecified atom stereocenters. The van der Waals surface area contributed by atoms with E-state index in [0.717, 1.165) is 19.1 Å². The molecule has 1 fully saturated rings. The van der Waals surface area contributed by atoms with Crippen molar-refractivity contribution < 1.29 is 4.74 Å². The summed E-state index contributed by atoms with van der Waals surface area (Å²) < 4.78 is 7.37. The van der Waals surface area contributed by atoms with Crippen molar-refractivity contribution in [1.29, 1.82) is 0 Å². The van der Waals surface area contributed by atoms with Crippen LogP contribution in [0.5, 0.6) is 0 Å². The number of nitrogens with one attached hydrogen (secondary N) is 1. The highest BCUT2D eigenvalue weighted by Gasteiger charge is 2.16. The fourth-order valence-electron chi connectivity index (χ4n) is 2.52. The van der Waals surface area contributed by atoms with Crippen LogP contribution in [0.4, 0.5) is 5.95 Å². The lowest BCUT2D eigenvalue weighted by Crippen LogP contribution is -2.20. The zero-order valence-corrected chi connectivity index (χ0v) is 10.9. The van der Waals surface area contributed by atoms with Crippen LogP contribution in [0, 0.1) is 5.92 Å². The number of rotatable bonds is 6. The van der Waals surface area contributed by atoms with Gasteiger partial charge in [0.25, 0.3) is 0 Å². The van der Waals surface area contributed by atoms with E-state index in [1.807, 2.05) is 12.4 Å². The minimum atomic E-state index is 0.512. The van der Waals surface area contributed by atoms with Crippen LogP contribution in [-0.2, 0) is 11.3 Å². The van der Waals surface area contributed by atoms with E-state index in [-0.39, 0.29) is 0 Å². The summed E-state index contributed by atoms with van der Waals surface area (Å²) in [5.74, 6) is 1.53. The highest BCUT2D eigenvalue weighted by atomic mass is 16.5. The Morgan fingerprint density at radius 2 is 2.29 bits per heavy atom. The molecule has 1 aromatic heterocycles. The minimum absolute atomic E-state index is 0.512. The number of anilines is 1. The standard InChI is InChI=1S/C13H23N3O/c1-11(10-17-2)9-16-8-7-14-13(16)15-12-5-3-4-6-12/h7-8,11-12H,3-6,9-10H2,1-2H3,(H,14,15). The van der Waals surface area contributed by atoms with Gasteiger partial charge < -0.3 is 14.6 Å². The van der Waals surface area contributed by atoms with Gasteiger partial charge in [-0.25, -0.2) is 4.98 Å². The van der Waals surface area contributed by atoms with Crippen molar-refractivity contribution in [3.8, 4) is 0 Å². The lowest BCUT2D eigenvalue weighted by atomic mass is 10.2. The predicted octanol–water partition coefficient (Wildman–Crippen LogP) is 2.52. The normalized spacial score (nSPS) is 18.5. The maximum Gasteiger partial charge on any atom is 0.202 e. The minimum Gasteiger partial charge on any atom is -0.384 e. The van der Waals surface area contributed by atoms with E-state index >= 15 is 0 Å². The summed E-state index contributed by atoms with van der Waals surface area (Å²) >= 11 is 0. The molecule has 1 aliphatic carbocycles. The molecule has 0 spiro atoms. The van der Waals surface area contributed by atoms with Gasteiger partial charge in [0.2, 0.25) is 5.95 Å². The first-order chi connectivity index (χ1) is 8.29. The van der Waals surface area contributed by atoms with Gasteiger partial charge in [0.1, 0.15) is 0 Å². The smallest absolute Gasteiger partial charge is 0.202 e. The second-order valence-electron chi connectivity index (χ2n) is 5.09. The van der Waals surface area contributed by atoms with E-state index in [1.165, 1.54) is 25.7 Å². The van der Waals surface area contributed by atoms with Crippen LogP contribution in [-0.4, -0.2) is 29.3 Å². The zero-order chi connectivity index (χ0) is 12.1. The second-order valence-corrected chi connectivity index (χ2v) is 5.09. The number of hydrogen-bond donors (Lipinski definition) is 1. The maximum atomic E-state index is 5.17. The Balaban J connectivity index is 1.91. The van der Waals surface area contributed by atoms with E-state index in [4.69, 9.17) is 4.74 Å². The van der Waals surface area contributed by atoms with E-state index in [2.05, 4.69) is 21.8 Å². The second kappa shape index (κ2) is 6.05. The molecule has 1 saturated carbocycles. The summed E-state index contributed by atoms with van der Waals surface area (Å²) in [5.41, 5.74) is 0. The van der Waals surface area contributed by atoms with Gasteiger partial charge in [-0.05, 0) is 18.8 Å². The topological polar surface area (TPSA) is 39.1 Å². The van der Waals surface area contributed by atoms with Crippen LogP contribution in [0.15, 0.2) is 12.4 Å². The van der Waals surface area contributed by atoms with Crippen molar-refractivity contribution in [1.82, 2.24) is 9.55 Å². The summed E-state index contributed by atoms with van der Waals surface area (Å²) in [5, 5.41) is 3.55. The highest BCUT2D eigenvalue weighted by molar-refractivity contribution is 5.28. The molecule has 0 amide bonds. The third-order valence-electron chi connectivity index (χ3n) is 3.36. The molecule has 1 aromatic rings. The molecule has 1 N–H and O–H groups in total. The Bertz CT molecular complexity index is 331. The van der Waals surface area contributed by atoms with E-state index in [9.17, 15) is 0 Å². The van der Waals surface area contributed by atoms with E-state index in [1.54, 1.807) is 7.11 Å². The predicted molar refractivity (Wildman–Crippen MR) is 69.1 cm³/mol. The molecule has 96 valence electrons. The Labute approximate surface area is 103 Å². The number of hydrogen-bond acceptors (Lipinski definition) is 3. The van der Waals surface area contributed by atoms with Gasteiger partial charge in [-0.3, -0.25) is 0 Å². The van der Waals surface area contributed by atoms with Crippen LogP contribution in [0.1, 0.15) is 32.6 Å². The van der Waals surface area contributed by atoms with Gasteiger partial charge in [-0.1, -0.05) is 19.8 Å². The van der Waals surface area contributed by atoms with Crippen molar-refractivity contribution in [3.05, 3.63) is 12.4 Å². The fourth-order valence-corrected chi connectivity index (χ4v) is 2.52. The quantitative estimate of drug-likeness (QED) is 0.826. The van der Waals surface area contributed by atoms with Crippen molar-refractivity contribution >= 4 is 5.95 Å². The molecule has 2 rings (SSSR count). The van der Waals surface area contributed by atoms with E-state index < -0.39 is 0 Å². The molecule has 0 bridgehead atoms. The first-order valence-corrected chi connectivity index (χ1v) is 6.56. The summed E-state index contributed by atoms with van der Waals surface area (Å²) in [6, 6.07) is 0.619. The van der Waals surface area contributed by atoms with Gasteiger partial charge in [-0.2, -0.15) is 0 Å². The van der Waals surface area contributed by atoms with Crippen molar-refractivity contribution in [3.63, 3.8) is 0 Å². The van der Waals surface area contributed by atoms with Crippen molar-refractivity contribution in [2.75, 3.05) is 19.0 Å². The van der Waals surface area contributed by atoms with Crippen LogP contribution in [0.2, 0.25) is 0 Å². The SMILES string of the molecule is COCC(C)Cn1ccnc1NC1CCCC1. The average Bonchev–Trinajstić information content (AvgIpc) is 2.92. The summed E-state index contributed by atoms with van der Waals surface area (Å²) in [4.78, 5) is 4.40. The van der Waals surface area contributed by atoms with Gasteiger partial charge in [0.15, 0.2) is 0 Å². The number of methoxy groups -OCH3 is 1. The van der Waals surface area contributed by atoms with Crippen molar-refractivity contribution in [2.24, 2.45) is 5.92 Å². The Morgan fingerprint density at radius 3 is 3.00 bits per heavy atom. The molecule has 0 aromatic carbocycles. The maximum absolute atomic E-state index is 5.17. The van der Waals surface area contributed by atoms with Crippen LogP contribution in [0.25, 0.3) is 0 Å². The lowest BCUT2D eigenvalue weighted by Gasteiger charge is -2.17.